The van der Waals surface area contributed by atoms with Crippen LogP contribution in [0.15, 0.2) is 0 Å². The Kier molecular flexibility index (Phi) is 12.8. The van der Waals surface area contributed by atoms with Crippen molar-refractivity contribution in [2.24, 2.45) is 11.8 Å². The molecule has 2 amide bonds. The molecule has 0 fully saturated rings. The van der Waals surface area contributed by atoms with Gasteiger partial charge in [0.2, 0.25) is 11.8 Å². The molecule has 130 valence electrons. The van der Waals surface area contributed by atoms with Crippen molar-refractivity contribution in [1.29, 1.82) is 0 Å². The summed E-state index contributed by atoms with van der Waals surface area (Å²) in [6, 6.07) is 0. The highest BCUT2D eigenvalue weighted by atomic mass is 16.5. The molecule has 0 atom stereocenters. The molecule has 0 heterocycles. The number of ether oxygens (including phenoxy) is 2. The van der Waals surface area contributed by atoms with E-state index in [1.54, 1.807) is 0 Å². The Hall–Kier alpha value is -1.14. The molecule has 0 aliphatic carbocycles. The van der Waals surface area contributed by atoms with E-state index in [0.29, 0.717) is 39.5 Å². The molecule has 0 aromatic rings. The summed E-state index contributed by atoms with van der Waals surface area (Å²) < 4.78 is 10.8. The SMILES string of the molecule is CC(C)C(=O)NCCCOCCOCCCNC(=O)C(C)C. The summed E-state index contributed by atoms with van der Waals surface area (Å²) in [5, 5.41) is 5.68. The van der Waals surface area contributed by atoms with Crippen LogP contribution in [0.25, 0.3) is 0 Å². The predicted molar refractivity (Wildman–Crippen MR) is 86.6 cm³/mol. The van der Waals surface area contributed by atoms with Crippen LogP contribution in [-0.4, -0.2) is 51.3 Å². The lowest BCUT2D eigenvalue weighted by atomic mass is 10.2. The molecule has 0 aromatic heterocycles. The summed E-state index contributed by atoms with van der Waals surface area (Å²) in [5.41, 5.74) is 0. The Bertz CT molecular complexity index is 277. The zero-order chi connectivity index (χ0) is 16.8. The number of carbonyl (C=O) groups excluding carboxylic acids is 2. The summed E-state index contributed by atoms with van der Waals surface area (Å²) in [7, 11) is 0. The first-order valence-electron chi connectivity index (χ1n) is 8.16. The van der Waals surface area contributed by atoms with Gasteiger partial charge in [0.15, 0.2) is 0 Å². The standard InChI is InChI=1S/C16H32N2O4/c1-13(2)15(19)17-7-5-9-21-11-12-22-10-6-8-18-16(20)14(3)4/h13-14H,5-12H2,1-4H3,(H,17,19)(H,18,20). The number of rotatable bonds is 13. The highest BCUT2D eigenvalue weighted by Gasteiger charge is 2.05. The van der Waals surface area contributed by atoms with Crippen LogP contribution in [-0.2, 0) is 19.1 Å². The van der Waals surface area contributed by atoms with Crippen LogP contribution < -0.4 is 10.6 Å². The van der Waals surface area contributed by atoms with Gasteiger partial charge in [-0.3, -0.25) is 9.59 Å². The van der Waals surface area contributed by atoms with Crippen LogP contribution in [0.5, 0.6) is 0 Å². The van der Waals surface area contributed by atoms with Crippen LogP contribution in [0, 0.1) is 11.8 Å². The van der Waals surface area contributed by atoms with E-state index in [4.69, 9.17) is 9.47 Å². The lowest BCUT2D eigenvalue weighted by molar-refractivity contribution is -0.124. The topological polar surface area (TPSA) is 76.7 Å². The molecular weight excluding hydrogens is 284 g/mol. The predicted octanol–water partition coefficient (Wildman–Crippen LogP) is 1.34. The summed E-state index contributed by atoms with van der Waals surface area (Å²) in [5.74, 6) is 0.208. The van der Waals surface area contributed by atoms with E-state index < -0.39 is 0 Å². The minimum absolute atomic E-state index is 0.0274. The number of hydrogen-bond donors (Lipinski definition) is 2. The van der Waals surface area contributed by atoms with Gasteiger partial charge in [-0.1, -0.05) is 27.7 Å². The molecule has 0 spiro atoms. The average Bonchev–Trinajstić information content (AvgIpc) is 2.47. The monoisotopic (exact) mass is 316 g/mol. The van der Waals surface area contributed by atoms with Gasteiger partial charge in [-0.05, 0) is 12.8 Å². The van der Waals surface area contributed by atoms with E-state index >= 15 is 0 Å². The van der Waals surface area contributed by atoms with Crippen LogP contribution in [0.3, 0.4) is 0 Å². The largest absolute Gasteiger partial charge is 0.379 e. The minimum Gasteiger partial charge on any atom is -0.379 e. The molecule has 0 saturated carbocycles. The maximum absolute atomic E-state index is 11.3. The Labute approximate surface area is 134 Å². The zero-order valence-electron chi connectivity index (χ0n) is 14.4. The van der Waals surface area contributed by atoms with Crippen molar-refractivity contribution in [3.8, 4) is 0 Å². The number of hydrogen-bond acceptors (Lipinski definition) is 4. The molecule has 0 unspecified atom stereocenters. The summed E-state index contributed by atoms with van der Waals surface area (Å²) in [4.78, 5) is 22.6. The van der Waals surface area contributed by atoms with Gasteiger partial charge in [-0.15, -0.1) is 0 Å². The second-order valence-corrected chi connectivity index (χ2v) is 5.82. The van der Waals surface area contributed by atoms with E-state index in [0.717, 1.165) is 12.8 Å². The minimum atomic E-state index is 0.0274. The van der Waals surface area contributed by atoms with Crippen molar-refractivity contribution >= 4 is 11.8 Å². The smallest absolute Gasteiger partial charge is 0.222 e. The Balaban J connectivity index is 3.18. The van der Waals surface area contributed by atoms with Gasteiger partial charge in [0, 0.05) is 38.1 Å². The van der Waals surface area contributed by atoms with Gasteiger partial charge in [0.1, 0.15) is 0 Å². The van der Waals surface area contributed by atoms with Crippen LogP contribution >= 0.6 is 0 Å². The number of amides is 2. The van der Waals surface area contributed by atoms with E-state index in [9.17, 15) is 9.59 Å². The third-order valence-corrected chi connectivity index (χ3v) is 2.95. The van der Waals surface area contributed by atoms with Gasteiger partial charge in [0.25, 0.3) is 0 Å². The van der Waals surface area contributed by atoms with Crippen LogP contribution in [0.1, 0.15) is 40.5 Å². The fourth-order valence-electron chi connectivity index (χ4n) is 1.50. The van der Waals surface area contributed by atoms with Crippen molar-refractivity contribution in [3.63, 3.8) is 0 Å². The Morgan fingerprint density at radius 2 is 1.09 bits per heavy atom. The Morgan fingerprint density at radius 3 is 1.41 bits per heavy atom. The van der Waals surface area contributed by atoms with Gasteiger partial charge in [-0.25, -0.2) is 0 Å². The Morgan fingerprint density at radius 1 is 0.727 bits per heavy atom. The maximum Gasteiger partial charge on any atom is 0.222 e. The zero-order valence-corrected chi connectivity index (χ0v) is 14.4. The summed E-state index contributed by atoms with van der Waals surface area (Å²) >= 11 is 0. The van der Waals surface area contributed by atoms with Gasteiger partial charge in [0.05, 0.1) is 13.2 Å². The first-order valence-corrected chi connectivity index (χ1v) is 8.16. The normalized spacial score (nSPS) is 11.0. The molecular formula is C16H32N2O4. The summed E-state index contributed by atoms with van der Waals surface area (Å²) in [6.45, 7) is 11.1. The first-order chi connectivity index (χ1) is 10.4. The van der Waals surface area contributed by atoms with Crippen molar-refractivity contribution in [2.45, 2.75) is 40.5 Å². The molecule has 6 nitrogen and oxygen atoms in total. The molecule has 6 heteroatoms. The van der Waals surface area contributed by atoms with Gasteiger partial charge < -0.3 is 20.1 Å². The lowest BCUT2D eigenvalue weighted by Crippen LogP contribution is -2.29. The van der Waals surface area contributed by atoms with Crippen LogP contribution in [0.4, 0.5) is 0 Å². The molecule has 0 aromatic carbocycles. The molecule has 22 heavy (non-hydrogen) atoms. The molecule has 2 N–H and O–H groups in total. The quantitative estimate of drug-likeness (QED) is 0.503. The average molecular weight is 316 g/mol. The first kappa shape index (κ1) is 20.9. The lowest BCUT2D eigenvalue weighted by Gasteiger charge is -2.09. The highest BCUT2D eigenvalue weighted by molar-refractivity contribution is 5.78. The van der Waals surface area contributed by atoms with Crippen molar-refractivity contribution in [1.82, 2.24) is 10.6 Å². The molecule has 0 aliphatic rings. The van der Waals surface area contributed by atoms with Crippen LogP contribution in [0.2, 0.25) is 0 Å². The van der Waals surface area contributed by atoms with Crippen molar-refractivity contribution < 1.29 is 19.1 Å². The van der Waals surface area contributed by atoms with Gasteiger partial charge in [-0.2, -0.15) is 0 Å². The molecule has 0 bridgehead atoms. The molecule has 0 rings (SSSR count). The third kappa shape index (κ3) is 12.6. The fourth-order valence-corrected chi connectivity index (χ4v) is 1.50. The number of carbonyl (C=O) groups is 2. The second kappa shape index (κ2) is 13.5. The van der Waals surface area contributed by atoms with Crippen molar-refractivity contribution in [2.75, 3.05) is 39.5 Å². The highest BCUT2D eigenvalue weighted by Crippen LogP contribution is 1.92. The second-order valence-electron chi connectivity index (χ2n) is 5.82. The van der Waals surface area contributed by atoms with E-state index in [-0.39, 0.29) is 23.7 Å². The van der Waals surface area contributed by atoms with Gasteiger partial charge >= 0.3 is 0 Å². The number of nitrogens with one attached hydrogen (secondary N) is 2. The van der Waals surface area contributed by atoms with E-state index in [2.05, 4.69) is 10.6 Å². The third-order valence-electron chi connectivity index (χ3n) is 2.95. The van der Waals surface area contributed by atoms with E-state index in [1.807, 2.05) is 27.7 Å². The van der Waals surface area contributed by atoms with Crippen molar-refractivity contribution in [3.05, 3.63) is 0 Å². The van der Waals surface area contributed by atoms with E-state index in [1.165, 1.54) is 0 Å². The molecule has 0 aliphatic heterocycles. The molecule has 0 saturated heterocycles. The fraction of sp³-hybridized carbons (Fsp3) is 0.875. The summed E-state index contributed by atoms with van der Waals surface area (Å²) in [6.07, 6.45) is 1.61. The molecule has 0 radical (unpaired) electrons. The maximum atomic E-state index is 11.3.